The first-order valence-corrected chi connectivity index (χ1v) is 10.5. The monoisotopic (exact) mass is 535 g/mol. The number of likely N-dealkylation sites (N-methyl/N-ethyl adjacent to an activating group) is 1. The van der Waals surface area contributed by atoms with Crippen LogP contribution in [0.25, 0.3) is 0 Å². The molecule has 198 valence electrons. The third-order valence-electron chi connectivity index (χ3n) is 4.25. The average molecular weight is 535 g/mol. The minimum atomic E-state index is -7.33. The van der Waals surface area contributed by atoms with E-state index in [9.17, 15) is 61.5 Å². The molecule has 18 heteroatoms. The fourth-order valence-corrected chi connectivity index (χ4v) is 3.63. The number of nitrogens with one attached hydrogen (secondary N) is 1. The van der Waals surface area contributed by atoms with Gasteiger partial charge in [-0.2, -0.15) is 39.5 Å². The van der Waals surface area contributed by atoms with E-state index in [1.165, 1.54) is 14.1 Å². The van der Waals surface area contributed by atoms with Crippen molar-refractivity contribution in [1.82, 2.24) is 4.72 Å². The van der Waals surface area contributed by atoms with Gasteiger partial charge in [-0.3, -0.25) is 0 Å². The molecule has 0 heterocycles. The van der Waals surface area contributed by atoms with Crippen molar-refractivity contribution in [2.24, 2.45) is 0 Å². The second-order valence-electron chi connectivity index (χ2n) is 7.91. The van der Waals surface area contributed by atoms with Crippen LogP contribution in [0.2, 0.25) is 0 Å². The summed E-state index contributed by atoms with van der Waals surface area (Å²) in [6.45, 7) is -0.619. The van der Waals surface area contributed by atoms with Gasteiger partial charge in [0.2, 0.25) is 10.0 Å². The zero-order valence-corrected chi connectivity index (χ0v) is 18.0. The van der Waals surface area contributed by atoms with Gasteiger partial charge >= 0.3 is 29.9 Å². The first-order chi connectivity index (χ1) is 14.3. The summed E-state index contributed by atoms with van der Waals surface area (Å²) in [5.41, 5.74) is 0. The number of hydrogen-bond donors (Lipinski definition) is 2. The van der Waals surface area contributed by atoms with E-state index in [4.69, 9.17) is 5.11 Å². The van der Waals surface area contributed by atoms with Crippen LogP contribution in [0.4, 0.5) is 48.3 Å². The number of hydrogen-bond acceptors (Lipinski definition) is 3. The Balaban J connectivity index is 5.02. The summed E-state index contributed by atoms with van der Waals surface area (Å²) in [7, 11) is -1.64. The van der Waals surface area contributed by atoms with E-state index in [1.54, 1.807) is 4.72 Å². The Bertz CT molecular complexity index is 783. The normalized spacial score (nSPS) is 15.1. The fraction of sp³-hybridized carbons (Fsp3) is 0.933. The SMILES string of the molecule is C[N+](C)(CCCNS(=O)(=O)CCC(F)(F)CC(F)(F)C(F)(F)C(F)(F)C(F)(F)F)CC(=O)O. The van der Waals surface area contributed by atoms with Crippen molar-refractivity contribution < 1.29 is 71.1 Å². The number of quaternary nitrogens is 1. The predicted octanol–water partition coefficient (Wildman–Crippen LogP) is 3.34. The van der Waals surface area contributed by atoms with Gasteiger partial charge < -0.3 is 9.59 Å². The van der Waals surface area contributed by atoms with Crippen LogP contribution in [0.1, 0.15) is 19.3 Å². The number of nitrogens with zero attached hydrogens (tertiary/aromatic N) is 1. The van der Waals surface area contributed by atoms with Gasteiger partial charge in [-0.05, 0) is 0 Å². The molecule has 0 rings (SSSR count). The first-order valence-electron chi connectivity index (χ1n) is 8.88. The molecular weight excluding hydrogens is 513 g/mol. The predicted molar refractivity (Wildman–Crippen MR) is 91.0 cm³/mol. The Morgan fingerprint density at radius 3 is 1.82 bits per heavy atom. The molecule has 0 aromatic rings. The lowest BCUT2D eigenvalue weighted by atomic mass is 9.97. The molecule has 0 saturated carbocycles. The van der Waals surface area contributed by atoms with Crippen LogP contribution in [0.3, 0.4) is 0 Å². The van der Waals surface area contributed by atoms with Crippen molar-refractivity contribution in [3.63, 3.8) is 0 Å². The van der Waals surface area contributed by atoms with E-state index in [1.807, 2.05) is 0 Å². The topological polar surface area (TPSA) is 83.5 Å². The van der Waals surface area contributed by atoms with E-state index >= 15 is 0 Å². The smallest absolute Gasteiger partial charge is 0.460 e. The van der Waals surface area contributed by atoms with Crippen molar-refractivity contribution in [2.75, 3.05) is 39.5 Å². The van der Waals surface area contributed by atoms with E-state index in [0.717, 1.165) is 0 Å². The Labute approximate surface area is 181 Å². The minimum absolute atomic E-state index is 0.00667. The van der Waals surface area contributed by atoms with Gasteiger partial charge in [-0.1, -0.05) is 0 Å². The number of carbonyl (C=O) groups is 1. The molecule has 0 saturated heterocycles. The molecule has 0 aromatic heterocycles. The van der Waals surface area contributed by atoms with Crippen LogP contribution in [-0.2, 0) is 14.8 Å². The number of carboxylic acids is 1. The van der Waals surface area contributed by atoms with Crippen LogP contribution in [-0.4, -0.2) is 93.3 Å². The van der Waals surface area contributed by atoms with E-state index in [-0.39, 0.29) is 24.0 Å². The van der Waals surface area contributed by atoms with Gasteiger partial charge in [-0.25, -0.2) is 26.7 Å². The molecule has 0 aliphatic rings. The van der Waals surface area contributed by atoms with Crippen molar-refractivity contribution in [3.8, 4) is 0 Å². The molecule has 0 fully saturated rings. The molecule has 2 N–H and O–H groups in total. The van der Waals surface area contributed by atoms with Crippen LogP contribution in [0.15, 0.2) is 0 Å². The third kappa shape index (κ3) is 9.03. The Morgan fingerprint density at radius 1 is 0.909 bits per heavy atom. The van der Waals surface area contributed by atoms with Gasteiger partial charge in [0, 0.05) is 19.4 Å². The summed E-state index contributed by atoms with van der Waals surface area (Å²) >= 11 is 0. The summed E-state index contributed by atoms with van der Waals surface area (Å²) in [6, 6.07) is 0. The molecule has 0 aliphatic carbocycles. The molecule has 0 amide bonds. The van der Waals surface area contributed by atoms with Gasteiger partial charge in [0.05, 0.1) is 32.8 Å². The maximum atomic E-state index is 13.6. The number of carboxylic acid groups (broad SMARTS) is 1. The maximum Gasteiger partial charge on any atom is 0.460 e. The second-order valence-corrected chi connectivity index (χ2v) is 9.84. The zero-order valence-electron chi connectivity index (χ0n) is 17.1. The van der Waals surface area contributed by atoms with Gasteiger partial charge in [0.1, 0.15) is 0 Å². The summed E-state index contributed by atoms with van der Waals surface area (Å²) in [5, 5.41) is 8.70. The molecule has 0 atom stereocenters. The average Bonchev–Trinajstić information content (AvgIpc) is 2.54. The lowest BCUT2D eigenvalue weighted by Gasteiger charge is -2.35. The molecule has 0 spiro atoms. The summed E-state index contributed by atoms with van der Waals surface area (Å²) in [4.78, 5) is 10.7. The largest absolute Gasteiger partial charge is 0.477 e. The zero-order chi connectivity index (χ0) is 26.7. The highest BCUT2D eigenvalue weighted by atomic mass is 32.2. The summed E-state index contributed by atoms with van der Waals surface area (Å²) in [5.74, 6) is -29.0. The van der Waals surface area contributed by atoms with Crippen molar-refractivity contribution in [2.45, 2.75) is 49.1 Å². The molecule has 0 radical (unpaired) electrons. The van der Waals surface area contributed by atoms with Crippen molar-refractivity contribution in [3.05, 3.63) is 0 Å². The quantitative estimate of drug-likeness (QED) is 0.203. The standard InChI is InChI=1S/C15H21F11N2O4S/c1-28(2,8-10(29)30)6-3-5-27-33(31,32)7-4-11(16,17)9-12(18,19)13(20,21)14(22,23)15(24,25)26/h27H,3-9H2,1-2H3/p+1. The molecule has 0 aromatic carbocycles. The van der Waals surface area contributed by atoms with Crippen molar-refractivity contribution >= 4 is 16.0 Å². The Hall–Kier alpha value is -1.43. The van der Waals surface area contributed by atoms with Crippen LogP contribution in [0.5, 0.6) is 0 Å². The van der Waals surface area contributed by atoms with Crippen molar-refractivity contribution in [1.29, 1.82) is 0 Å². The number of alkyl halides is 11. The molecule has 0 bridgehead atoms. The fourth-order valence-electron chi connectivity index (χ4n) is 2.47. The minimum Gasteiger partial charge on any atom is -0.477 e. The lowest BCUT2D eigenvalue weighted by molar-refractivity contribution is -0.883. The molecule has 0 aliphatic heterocycles. The molecular formula is C15H22F11N2O4S+. The van der Waals surface area contributed by atoms with Gasteiger partial charge in [0.25, 0.3) is 5.92 Å². The number of halogens is 11. The highest BCUT2D eigenvalue weighted by Gasteiger charge is 2.82. The van der Waals surface area contributed by atoms with Gasteiger partial charge in [0.15, 0.2) is 6.54 Å². The molecule has 6 nitrogen and oxygen atoms in total. The number of rotatable bonds is 14. The number of sulfonamides is 1. The third-order valence-corrected chi connectivity index (χ3v) is 5.64. The van der Waals surface area contributed by atoms with Gasteiger partial charge in [-0.15, -0.1) is 0 Å². The lowest BCUT2D eigenvalue weighted by Crippen LogP contribution is -2.61. The highest BCUT2D eigenvalue weighted by molar-refractivity contribution is 7.89. The van der Waals surface area contributed by atoms with Crippen LogP contribution >= 0.6 is 0 Å². The maximum absolute atomic E-state index is 13.6. The highest BCUT2D eigenvalue weighted by Crippen LogP contribution is 2.55. The second kappa shape index (κ2) is 10.1. The molecule has 0 unspecified atom stereocenters. The van der Waals surface area contributed by atoms with Crippen LogP contribution in [0, 0.1) is 0 Å². The van der Waals surface area contributed by atoms with E-state index in [2.05, 4.69) is 0 Å². The Morgan fingerprint density at radius 2 is 1.39 bits per heavy atom. The number of aliphatic carboxylic acids is 1. The molecule has 33 heavy (non-hydrogen) atoms. The van der Waals surface area contributed by atoms with E-state index in [0.29, 0.717) is 0 Å². The van der Waals surface area contributed by atoms with Crippen LogP contribution < -0.4 is 4.72 Å². The summed E-state index contributed by atoms with van der Waals surface area (Å²) in [6.07, 6.45) is -12.7. The van der Waals surface area contributed by atoms with E-state index < -0.39 is 71.0 Å². The first kappa shape index (κ1) is 31.6. The summed E-state index contributed by atoms with van der Waals surface area (Å²) < 4.78 is 167. The Kier molecular flexibility index (Phi) is 9.62.